The van der Waals surface area contributed by atoms with Crippen molar-refractivity contribution in [2.45, 2.75) is 80.1 Å². The highest BCUT2D eigenvalue weighted by molar-refractivity contribution is 6.03. The second-order valence-corrected chi connectivity index (χ2v) is 10.8. The summed E-state index contributed by atoms with van der Waals surface area (Å²) in [4.78, 5) is 25.5. The lowest BCUT2D eigenvalue weighted by atomic mass is 9.43. The van der Waals surface area contributed by atoms with Gasteiger partial charge in [0.25, 0.3) is 0 Å². The monoisotopic (exact) mass is 442 g/mol. The van der Waals surface area contributed by atoms with Crippen molar-refractivity contribution in [3.63, 3.8) is 0 Å². The Morgan fingerprint density at radius 1 is 1.12 bits per heavy atom. The van der Waals surface area contributed by atoms with Crippen molar-refractivity contribution in [2.75, 3.05) is 0 Å². The van der Waals surface area contributed by atoms with Crippen LogP contribution in [0.3, 0.4) is 0 Å². The van der Waals surface area contributed by atoms with E-state index in [1.807, 2.05) is 6.92 Å². The third-order valence-corrected chi connectivity index (χ3v) is 8.89. The Hall–Kier alpha value is -2.30. The number of phenolic OH excluding ortho intramolecular Hbond substituents is 2. The molecule has 1 aromatic carbocycles. The molecule has 176 valence electrons. The first-order valence-corrected chi connectivity index (χ1v) is 11.8. The van der Waals surface area contributed by atoms with Crippen LogP contribution in [0.15, 0.2) is 23.3 Å². The molecule has 2 fully saturated rings. The average molecular weight is 443 g/mol. The first kappa shape index (κ1) is 24.3. The predicted molar refractivity (Wildman–Crippen MR) is 125 cm³/mol. The minimum atomic E-state index is -0.785. The molecule has 5 unspecified atom stereocenters. The number of carbonyl (C=O) groups excluding carboxylic acids is 1. The number of aryl methyl sites for hydroxylation is 1. The second kappa shape index (κ2) is 8.57. The van der Waals surface area contributed by atoms with Crippen LogP contribution in [0.1, 0.15) is 89.1 Å². The van der Waals surface area contributed by atoms with Gasteiger partial charge in [-0.3, -0.25) is 9.59 Å². The van der Waals surface area contributed by atoms with E-state index in [0.717, 1.165) is 25.7 Å². The third kappa shape index (κ3) is 3.84. The summed E-state index contributed by atoms with van der Waals surface area (Å²) < 4.78 is 0. The van der Waals surface area contributed by atoms with Crippen LogP contribution in [0.4, 0.5) is 0 Å². The summed E-state index contributed by atoms with van der Waals surface area (Å²) in [6.07, 6.45) is 4.26. The summed E-state index contributed by atoms with van der Waals surface area (Å²) >= 11 is 0. The zero-order valence-corrected chi connectivity index (χ0v) is 20.3. The highest BCUT2D eigenvalue weighted by atomic mass is 16.4. The van der Waals surface area contributed by atoms with Crippen LogP contribution >= 0.6 is 0 Å². The second-order valence-electron chi connectivity index (χ2n) is 10.8. The topological polar surface area (TPSA) is 94.8 Å². The fraction of sp³-hybridized carbons (Fsp3) is 0.630. The van der Waals surface area contributed by atoms with Gasteiger partial charge in [-0.1, -0.05) is 31.9 Å². The highest BCUT2D eigenvalue weighted by Crippen LogP contribution is 2.65. The molecule has 0 bridgehead atoms. The largest absolute Gasteiger partial charge is 0.508 e. The van der Waals surface area contributed by atoms with Gasteiger partial charge >= 0.3 is 5.97 Å². The van der Waals surface area contributed by atoms with E-state index in [9.17, 15) is 24.9 Å². The van der Waals surface area contributed by atoms with Crippen LogP contribution in [0.5, 0.6) is 11.5 Å². The van der Waals surface area contributed by atoms with Crippen LogP contribution in [0.25, 0.3) is 0 Å². The molecule has 0 aromatic heterocycles. The third-order valence-electron chi connectivity index (χ3n) is 8.89. The van der Waals surface area contributed by atoms with Gasteiger partial charge in [-0.25, -0.2) is 0 Å². The number of ketones is 1. The van der Waals surface area contributed by atoms with Gasteiger partial charge in [-0.15, -0.1) is 0 Å². The van der Waals surface area contributed by atoms with Gasteiger partial charge in [0.1, 0.15) is 11.5 Å². The van der Waals surface area contributed by atoms with Crippen molar-refractivity contribution in [3.8, 4) is 11.5 Å². The number of aromatic hydroxyl groups is 2. The van der Waals surface area contributed by atoms with Crippen molar-refractivity contribution in [1.29, 1.82) is 0 Å². The SMILES string of the molecule is CC(C)=C1CCC2C(C)(CCC(C)C2(C)C(=O)c2cc(O)cc(C)c2O)C1CCC(=O)O. The maximum atomic E-state index is 14.1. The van der Waals surface area contributed by atoms with Crippen LogP contribution < -0.4 is 0 Å². The van der Waals surface area contributed by atoms with Crippen molar-refractivity contribution < 1.29 is 24.9 Å². The maximum absolute atomic E-state index is 14.1. The zero-order chi connectivity index (χ0) is 24.0. The van der Waals surface area contributed by atoms with Gasteiger partial charge in [0.05, 0.1) is 5.56 Å². The van der Waals surface area contributed by atoms with Gasteiger partial charge in [0, 0.05) is 11.8 Å². The van der Waals surface area contributed by atoms with E-state index in [2.05, 4.69) is 27.7 Å². The molecule has 3 rings (SSSR count). The smallest absolute Gasteiger partial charge is 0.303 e. The Labute approximate surface area is 191 Å². The van der Waals surface area contributed by atoms with E-state index in [1.54, 1.807) is 6.92 Å². The summed E-state index contributed by atoms with van der Waals surface area (Å²) in [5.41, 5.74) is 2.38. The van der Waals surface area contributed by atoms with E-state index in [0.29, 0.717) is 12.0 Å². The molecule has 5 atom stereocenters. The minimum absolute atomic E-state index is 0.0201. The summed E-state index contributed by atoms with van der Waals surface area (Å²) in [5, 5.41) is 30.2. The molecule has 2 aliphatic carbocycles. The van der Waals surface area contributed by atoms with Crippen LogP contribution in [0.2, 0.25) is 0 Å². The Morgan fingerprint density at radius 3 is 2.38 bits per heavy atom. The number of fused-ring (bicyclic) bond motifs is 1. The quantitative estimate of drug-likeness (QED) is 0.284. The number of Topliss-reactive ketones (excluding diaryl/α,β-unsaturated/α-hetero) is 1. The number of benzene rings is 1. The Morgan fingerprint density at radius 2 is 1.78 bits per heavy atom. The predicted octanol–water partition coefficient (Wildman–Crippen LogP) is 6.26. The first-order chi connectivity index (χ1) is 14.8. The summed E-state index contributed by atoms with van der Waals surface area (Å²) in [6.45, 7) is 12.3. The molecule has 5 nitrogen and oxygen atoms in total. The number of carbonyl (C=O) groups is 2. The average Bonchev–Trinajstić information content (AvgIpc) is 2.71. The van der Waals surface area contributed by atoms with Crippen LogP contribution in [-0.4, -0.2) is 27.1 Å². The molecule has 0 saturated heterocycles. The van der Waals surface area contributed by atoms with Gasteiger partial charge in [-0.05, 0) is 93.7 Å². The number of carboxylic acids is 1. The summed E-state index contributed by atoms with van der Waals surface area (Å²) in [5.74, 6) is -0.674. The van der Waals surface area contributed by atoms with E-state index >= 15 is 0 Å². The number of phenols is 2. The maximum Gasteiger partial charge on any atom is 0.303 e. The molecule has 0 heterocycles. The Balaban J connectivity index is 2.12. The Bertz CT molecular complexity index is 957. The number of allylic oxidation sites excluding steroid dienone is 2. The van der Waals surface area contributed by atoms with Gasteiger partial charge in [-0.2, -0.15) is 0 Å². The molecule has 2 saturated carbocycles. The van der Waals surface area contributed by atoms with Gasteiger partial charge < -0.3 is 15.3 Å². The van der Waals surface area contributed by atoms with Crippen molar-refractivity contribution in [3.05, 3.63) is 34.4 Å². The van der Waals surface area contributed by atoms with Gasteiger partial charge in [0.15, 0.2) is 5.78 Å². The normalized spacial score (nSPS) is 32.3. The number of hydrogen-bond acceptors (Lipinski definition) is 4. The van der Waals surface area contributed by atoms with Crippen molar-refractivity contribution >= 4 is 11.8 Å². The first-order valence-electron chi connectivity index (χ1n) is 11.8. The lowest BCUT2D eigenvalue weighted by Gasteiger charge is -2.60. The number of aliphatic carboxylic acids is 1. The fourth-order valence-corrected chi connectivity index (χ4v) is 6.92. The molecular formula is C27H38O5. The number of rotatable bonds is 5. The lowest BCUT2D eigenvalue weighted by Crippen LogP contribution is -2.56. The van der Waals surface area contributed by atoms with Crippen molar-refractivity contribution in [1.82, 2.24) is 0 Å². The Kier molecular flexibility index (Phi) is 6.52. The van der Waals surface area contributed by atoms with E-state index in [1.165, 1.54) is 23.3 Å². The van der Waals surface area contributed by atoms with Crippen LogP contribution in [-0.2, 0) is 4.79 Å². The molecule has 0 amide bonds. The summed E-state index contributed by atoms with van der Waals surface area (Å²) in [6, 6.07) is 2.85. The molecule has 0 spiro atoms. The standard InChI is InChI=1S/C27H38O5/c1-15(2)19-7-9-22-26(5,21(19)8-10-23(29)30)12-11-17(4)27(22,6)25(32)20-14-18(28)13-16(3)24(20)31/h13-14,17,21-22,28,31H,7-12H2,1-6H3,(H,29,30). The summed E-state index contributed by atoms with van der Waals surface area (Å²) in [7, 11) is 0. The molecule has 3 N–H and O–H groups in total. The molecule has 1 aromatic rings. The molecule has 2 aliphatic rings. The van der Waals surface area contributed by atoms with E-state index in [-0.39, 0.29) is 52.4 Å². The number of carboxylic acid groups (broad SMARTS) is 1. The van der Waals surface area contributed by atoms with Crippen molar-refractivity contribution in [2.24, 2.45) is 28.6 Å². The zero-order valence-electron chi connectivity index (χ0n) is 20.3. The van der Waals surface area contributed by atoms with E-state index < -0.39 is 11.4 Å². The molecule has 0 radical (unpaired) electrons. The van der Waals surface area contributed by atoms with Crippen LogP contribution in [0, 0.1) is 35.5 Å². The molecule has 0 aliphatic heterocycles. The minimum Gasteiger partial charge on any atom is -0.508 e. The highest BCUT2D eigenvalue weighted by Gasteiger charge is 2.60. The van der Waals surface area contributed by atoms with Gasteiger partial charge in [0.2, 0.25) is 0 Å². The van der Waals surface area contributed by atoms with E-state index in [4.69, 9.17) is 0 Å². The number of hydrogen-bond donors (Lipinski definition) is 3. The molecule has 32 heavy (non-hydrogen) atoms. The molecular weight excluding hydrogens is 404 g/mol. The fourth-order valence-electron chi connectivity index (χ4n) is 6.92. The molecule has 5 heteroatoms. The lowest BCUT2D eigenvalue weighted by molar-refractivity contribution is -0.138.